The van der Waals surface area contributed by atoms with Crippen molar-refractivity contribution in [3.8, 4) is 11.4 Å². The van der Waals surface area contributed by atoms with Gasteiger partial charge in [0.25, 0.3) is 0 Å². The number of nitrogens with one attached hydrogen (secondary N) is 1. The van der Waals surface area contributed by atoms with Crippen LogP contribution in [-0.4, -0.2) is 29.1 Å². The van der Waals surface area contributed by atoms with Crippen LogP contribution in [0.4, 0.5) is 0 Å². The second-order valence-corrected chi connectivity index (χ2v) is 6.53. The Morgan fingerprint density at radius 1 is 1.42 bits per heavy atom. The number of amides is 1. The smallest absolute Gasteiger partial charge is 0.228 e. The molecule has 1 aliphatic rings. The van der Waals surface area contributed by atoms with Crippen LogP contribution in [-0.2, 0) is 11.2 Å². The first-order valence-electron chi connectivity index (χ1n) is 8.23. The molecular weight excluding hydrogens is 328 g/mol. The summed E-state index contributed by atoms with van der Waals surface area (Å²) in [6.07, 6.45) is 3.54. The summed E-state index contributed by atoms with van der Waals surface area (Å²) in [5.41, 5.74) is 6.53. The minimum absolute atomic E-state index is 0.0414. The normalized spacial score (nSPS) is 20.2. The fourth-order valence-corrected chi connectivity index (χ4v) is 3.38. The Labute approximate surface area is 145 Å². The molecule has 3 rings (SSSR count). The Balaban J connectivity index is 1.52. The van der Waals surface area contributed by atoms with Crippen LogP contribution < -0.4 is 11.1 Å². The van der Waals surface area contributed by atoms with E-state index in [1.54, 1.807) is 12.1 Å². The maximum atomic E-state index is 12.2. The molecule has 0 radical (unpaired) electrons. The van der Waals surface area contributed by atoms with E-state index in [4.69, 9.17) is 21.9 Å². The highest BCUT2D eigenvalue weighted by atomic mass is 35.5. The van der Waals surface area contributed by atoms with E-state index in [2.05, 4.69) is 15.5 Å². The molecule has 1 amide bonds. The zero-order chi connectivity index (χ0) is 16.9. The average Bonchev–Trinajstić information content (AvgIpc) is 3.24. The minimum Gasteiger partial charge on any atom is -0.355 e. The standard InChI is InChI=1S/C17H21ClN4O2/c18-13-5-1-3-11(9-13)16-21-15(24-22-16)7-8-20-17(23)14-6-2-4-12(14)10-19/h1,3,5,9,12,14H,2,4,6-8,10,19H2,(H,20,23)/t12-,14-/m1/s1. The van der Waals surface area contributed by atoms with Gasteiger partial charge in [0.05, 0.1) is 0 Å². The lowest BCUT2D eigenvalue weighted by molar-refractivity contribution is -0.125. The minimum atomic E-state index is 0.0414. The lowest BCUT2D eigenvalue weighted by Crippen LogP contribution is -2.36. The van der Waals surface area contributed by atoms with Crippen LogP contribution in [0.15, 0.2) is 28.8 Å². The van der Waals surface area contributed by atoms with Crippen molar-refractivity contribution in [2.45, 2.75) is 25.7 Å². The number of benzene rings is 1. The average molecular weight is 349 g/mol. The number of hydrogen-bond acceptors (Lipinski definition) is 5. The van der Waals surface area contributed by atoms with Gasteiger partial charge < -0.3 is 15.6 Å². The molecule has 1 aliphatic carbocycles. The van der Waals surface area contributed by atoms with E-state index < -0.39 is 0 Å². The molecular formula is C17H21ClN4O2. The first-order chi connectivity index (χ1) is 11.7. The van der Waals surface area contributed by atoms with Gasteiger partial charge >= 0.3 is 0 Å². The van der Waals surface area contributed by atoms with Gasteiger partial charge in [-0.15, -0.1) is 0 Å². The van der Waals surface area contributed by atoms with Gasteiger partial charge in [0.1, 0.15) is 0 Å². The van der Waals surface area contributed by atoms with Gasteiger partial charge in [0.2, 0.25) is 17.6 Å². The van der Waals surface area contributed by atoms with Crippen molar-refractivity contribution < 1.29 is 9.32 Å². The zero-order valence-corrected chi connectivity index (χ0v) is 14.1. The molecule has 1 heterocycles. The van der Waals surface area contributed by atoms with Crippen LogP contribution in [0.1, 0.15) is 25.2 Å². The number of aromatic nitrogens is 2. The summed E-state index contributed by atoms with van der Waals surface area (Å²) >= 11 is 5.96. The Kier molecular flexibility index (Phi) is 5.48. The van der Waals surface area contributed by atoms with Crippen LogP contribution in [0.25, 0.3) is 11.4 Å². The Morgan fingerprint density at radius 2 is 2.29 bits per heavy atom. The van der Waals surface area contributed by atoms with Crippen LogP contribution in [0.5, 0.6) is 0 Å². The highest BCUT2D eigenvalue weighted by Crippen LogP contribution is 2.30. The van der Waals surface area contributed by atoms with Crippen molar-refractivity contribution in [2.24, 2.45) is 17.6 Å². The lowest BCUT2D eigenvalue weighted by atomic mass is 9.95. The lowest BCUT2D eigenvalue weighted by Gasteiger charge is -2.16. The number of carbonyl (C=O) groups is 1. The molecule has 1 aromatic carbocycles. The van der Waals surface area contributed by atoms with Crippen molar-refractivity contribution in [3.63, 3.8) is 0 Å². The van der Waals surface area contributed by atoms with Crippen molar-refractivity contribution in [3.05, 3.63) is 35.2 Å². The van der Waals surface area contributed by atoms with E-state index in [0.29, 0.717) is 42.2 Å². The molecule has 128 valence electrons. The van der Waals surface area contributed by atoms with Gasteiger partial charge in [-0.3, -0.25) is 4.79 Å². The second-order valence-electron chi connectivity index (χ2n) is 6.10. The number of nitrogens with two attached hydrogens (primary N) is 1. The molecule has 2 atom stereocenters. The Hall–Kier alpha value is -1.92. The Bertz CT molecular complexity index is 703. The van der Waals surface area contributed by atoms with Gasteiger partial charge in [-0.05, 0) is 37.4 Å². The van der Waals surface area contributed by atoms with Crippen LogP contribution in [0.3, 0.4) is 0 Å². The molecule has 6 nitrogen and oxygen atoms in total. The first-order valence-corrected chi connectivity index (χ1v) is 8.61. The van der Waals surface area contributed by atoms with E-state index in [-0.39, 0.29) is 11.8 Å². The van der Waals surface area contributed by atoms with Gasteiger partial charge in [-0.2, -0.15) is 4.98 Å². The largest absolute Gasteiger partial charge is 0.355 e. The molecule has 0 spiro atoms. The predicted molar refractivity (Wildman–Crippen MR) is 91.3 cm³/mol. The van der Waals surface area contributed by atoms with E-state index in [9.17, 15) is 4.79 Å². The van der Waals surface area contributed by atoms with E-state index in [0.717, 1.165) is 24.8 Å². The van der Waals surface area contributed by atoms with Crippen LogP contribution in [0, 0.1) is 11.8 Å². The number of halogens is 1. The van der Waals surface area contributed by atoms with E-state index >= 15 is 0 Å². The molecule has 2 aromatic rings. The quantitative estimate of drug-likeness (QED) is 0.836. The van der Waals surface area contributed by atoms with Crippen molar-refractivity contribution >= 4 is 17.5 Å². The summed E-state index contributed by atoms with van der Waals surface area (Å²) in [6, 6.07) is 7.28. The molecule has 0 bridgehead atoms. The predicted octanol–water partition coefficient (Wildman–Crippen LogP) is 2.42. The summed E-state index contributed by atoms with van der Waals surface area (Å²) in [5.74, 6) is 1.42. The van der Waals surface area contributed by atoms with Gasteiger partial charge in [-0.1, -0.05) is 35.3 Å². The number of hydrogen-bond donors (Lipinski definition) is 2. The summed E-state index contributed by atoms with van der Waals surface area (Å²) in [6.45, 7) is 1.05. The fourth-order valence-electron chi connectivity index (χ4n) is 3.19. The van der Waals surface area contributed by atoms with Crippen LogP contribution >= 0.6 is 11.6 Å². The molecule has 1 aromatic heterocycles. The molecule has 0 aliphatic heterocycles. The van der Waals surface area contributed by atoms with Gasteiger partial charge in [0, 0.05) is 29.5 Å². The molecule has 24 heavy (non-hydrogen) atoms. The zero-order valence-electron chi connectivity index (χ0n) is 13.4. The molecule has 7 heteroatoms. The second kappa shape index (κ2) is 7.77. The van der Waals surface area contributed by atoms with Crippen LogP contribution in [0.2, 0.25) is 5.02 Å². The molecule has 1 fully saturated rings. The maximum absolute atomic E-state index is 12.2. The molecule has 0 saturated heterocycles. The number of rotatable bonds is 6. The summed E-state index contributed by atoms with van der Waals surface area (Å²) in [7, 11) is 0. The number of carbonyl (C=O) groups excluding carboxylic acids is 1. The molecule has 1 saturated carbocycles. The van der Waals surface area contributed by atoms with Crippen molar-refractivity contribution in [1.29, 1.82) is 0 Å². The number of nitrogens with zero attached hydrogens (tertiary/aromatic N) is 2. The van der Waals surface area contributed by atoms with Gasteiger partial charge in [0.15, 0.2) is 0 Å². The van der Waals surface area contributed by atoms with Gasteiger partial charge in [-0.25, -0.2) is 0 Å². The first kappa shape index (κ1) is 16.9. The highest BCUT2D eigenvalue weighted by Gasteiger charge is 2.31. The third-order valence-electron chi connectivity index (χ3n) is 4.49. The Morgan fingerprint density at radius 3 is 3.08 bits per heavy atom. The fraction of sp³-hybridized carbons (Fsp3) is 0.471. The SMILES string of the molecule is NC[C@H]1CCC[C@H]1C(=O)NCCc1nc(-c2cccc(Cl)c2)no1. The van der Waals surface area contributed by atoms with Crippen molar-refractivity contribution in [1.82, 2.24) is 15.5 Å². The molecule has 0 unspecified atom stereocenters. The van der Waals surface area contributed by atoms with E-state index in [1.807, 2.05) is 12.1 Å². The summed E-state index contributed by atoms with van der Waals surface area (Å²) in [4.78, 5) is 16.6. The summed E-state index contributed by atoms with van der Waals surface area (Å²) in [5, 5.41) is 7.53. The third kappa shape index (κ3) is 3.94. The third-order valence-corrected chi connectivity index (χ3v) is 4.72. The molecule has 3 N–H and O–H groups in total. The topological polar surface area (TPSA) is 94.0 Å². The monoisotopic (exact) mass is 348 g/mol. The highest BCUT2D eigenvalue weighted by molar-refractivity contribution is 6.30. The van der Waals surface area contributed by atoms with Crippen molar-refractivity contribution in [2.75, 3.05) is 13.1 Å². The van der Waals surface area contributed by atoms with E-state index in [1.165, 1.54) is 0 Å². The summed E-state index contributed by atoms with van der Waals surface area (Å²) < 4.78 is 5.23. The maximum Gasteiger partial charge on any atom is 0.228 e.